The van der Waals surface area contributed by atoms with Crippen molar-refractivity contribution in [1.29, 1.82) is 0 Å². The van der Waals surface area contributed by atoms with Crippen molar-refractivity contribution < 1.29 is 43.4 Å². The first-order chi connectivity index (χ1) is 11.3. The Bertz CT molecular complexity index is 512. The number of imidazole rings is 2. The molecule has 0 fully saturated rings. The van der Waals surface area contributed by atoms with E-state index in [0.717, 1.165) is 45.6 Å². The van der Waals surface area contributed by atoms with Crippen LogP contribution in [0.1, 0.15) is 33.1 Å². The minimum atomic E-state index is 0. The van der Waals surface area contributed by atoms with Crippen molar-refractivity contribution in [2.45, 2.75) is 59.7 Å². The van der Waals surface area contributed by atoms with Crippen LogP contribution in [0.3, 0.4) is 0 Å². The minimum Gasteiger partial charge on any atom is -1.00 e. The molecule has 2 aromatic rings. The Hall–Kier alpha value is -1.08. The average molecular weight is 393 g/mol. The molecule has 0 amide bonds. The Morgan fingerprint density at radius 1 is 0.720 bits per heavy atom. The van der Waals surface area contributed by atoms with Gasteiger partial charge in [-0.1, -0.05) is 0 Å². The van der Waals surface area contributed by atoms with Gasteiger partial charge in [0.25, 0.3) is 0 Å². The standard InChI is InChI=1S/C17H30N4O2.2ClH/c1-3-18-8-10-20(14-18)16-22-12-6-5-7-13-23-17-21-11-9-19(4-2)15-21;;/h8-11,14-15H,3-7,12-13,16-17H2,1-2H3;2*1H/q+2;;/p-2. The molecule has 0 saturated heterocycles. The van der Waals surface area contributed by atoms with Crippen LogP contribution in [0.4, 0.5) is 0 Å². The maximum atomic E-state index is 5.67. The highest BCUT2D eigenvalue weighted by atomic mass is 35.5. The molecule has 0 N–H and O–H groups in total. The van der Waals surface area contributed by atoms with E-state index in [9.17, 15) is 0 Å². The molecule has 0 aliphatic heterocycles. The summed E-state index contributed by atoms with van der Waals surface area (Å²) in [6.07, 6.45) is 15.6. The van der Waals surface area contributed by atoms with Crippen LogP contribution in [0.2, 0.25) is 0 Å². The summed E-state index contributed by atoms with van der Waals surface area (Å²) in [5.74, 6) is 0. The highest BCUT2D eigenvalue weighted by Crippen LogP contribution is 1.97. The largest absolute Gasteiger partial charge is 1.00 e. The molecule has 2 rings (SSSR count). The first-order valence-corrected chi connectivity index (χ1v) is 8.57. The van der Waals surface area contributed by atoms with Gasteiger partial charge in [0.05, 0.1) is 26.3 Å². The second kappa shape index (κ2) is 14.1. The molecule has 0 aliphatic rings. The van der Waals surface area contributed by atoms with Crippen LogP contribution in [0.5, 0.6) is 0 Å². The molecule has 144 valence electrons. The second-order valence-corrected chi connectivity index (χ2v) is 5.65. The molecular formula is C17H30Cl2N4O2. The monoisotopic (exact) mass is 392 g/mol. The first-order valence-electron chi connectivity index (χ1n) is 8.57. The molecule has 2 aromatic heterocycles. The van der Waals surface area contributed by atoms with Crippen LogP contribution < -0.4 is 33.9 Å². The fraction of sp³-hybridized carbons (Fsp3) is 0.647. The number of aromatic nitrogens is 4. The van der Waals surface area contributed by atoms with Crippen molar-refractivity contribution in [3.8, 4) is 0 Å². The molecule has 0 radical (unpaired) electrons. The van der Waals surface area contributed by atoms with Crippen LogP contribution in [0, 0.1) is 0 Å². The highest BCUT2D eigenvalue weighted by Gasteiger charge is 2.02. The quantitative estimate of drug-likeness (QED) is 0.271. The lowest BCUT2D eigenvalue weighted by molar-refractivity contribution is -0.732. The summed E-state index contributed by atoms with van der Waals surface area (Å²) in [6.45, 7) is 9.12. The van der Waals surface area contributed by atoms with Crippen LogP contribution in [-0.2, 0) is 36.0 Å². The van der Waals surface area contributed by atoms with Gasteiger partial charge >= 0.3 is 0 Å². The van der Waals surface area contributed by atoms with E-state index in [2.05, 4.69) is 57.2 Å². The molecule has 2 heterocycles. The molecule has 8 heteroatoms. The number of hydrogen-bond donors (Lipinski definition) is 0. The normalized spacial score (nSPS) is 10.3. The fourth-order valence-corrected chi connectivity index (χ4v) is 2.33. The van der Waals surface area contributed by atoms with Crippen LogP contribution in [-0.4, -0.2) is 22.3 Å². The Labute approximate surface area is 163 Å². The molecule has 6 nitrogen and oxygen atoms in total. The van der Waals surface area contributed by atoms with E-state index in [1.165, 1.54) is 0 Å². The molecule has 0 spiro atoms. The molecule has 0 bridgehead atoms. The maximum absolute atomic E-state index is 5.67. The van der Waals surface area contributed by atoms with Gasteiger partial charge in [-0.3, -0.25) is 0 Å². The van der Waals surface area contributed by atoms with Gasteiger partial charge < -0.3 is 34.3 Å². The summed E-state index contributed by atoms with van der Waals surface area (Å²) in [6, 6.07) is 0. The highest BCUT2D eigenvalue weighted by molar-refractivity contribution is 4.64. The van der Waals surface area contributed by atoms with E-state index in [1.807, 2.05) is 12.4 Å². The summed E-state index contributed by atoms with van der Waals surface area (Å²) in [7, 11) is 0. The van der Waals surface area contributed by atoms with Crippen LogP contribution in [0.25, 0.3) is 0 Å². The lowest BCUT2D eigenvalue weighted by Gasteiger charge is -2.03. The number of ether oxygens (including phenoxy) is 2. The van der Waals surface area contributed by atoms with Crippen molar-refractivity contribution in [1.82, 2.24) is 9.13 Å². The Balaban J connectivity index is 0.00000288. The Morgan fingerprint density at radius 3 is 1.52 bits per heavy atom. The number of hydrogen-bond acceptors (Lipinski definition) is 2. The van der Waals surface area contributed by atoms with Crippen LogP contribution >= 0.6 is 0 Å². The number of aryl methyl sites for hydroxylation is 2. The number of rotatable bonds is 12. The van der Waals surface area contributed by atoms with E-state index in [-0.39, 0.29) is 24.8 Å². The predicted molar refractivity (Wildman–Crippen MR) is 86.4 cm³/mol. The van der Waals surface area contributed by atoms with Gasteiger partial charge in [0.15, 0.2) is 13.5 Å². The summed E-state index contributed by atoms with van der Waals surface area (Å²) in [4.78, 5) is 0. The molecular weight excluding hydrogens is 363 g/mol. The third-order valence-electron chi connectivity index (χ3n) is 3.78. The van der Waals surface area contributed by atoms with Gasteiger partial charge in [-0.2, -0.15) is 0 Å². The van der Waals surface area contributed by atoms with E-state index < -0.39 is 0 Å². The van der Waals surface area contributed by atoms with Crippen molar-refractivity contribution >= 4 is 0 Å². The first kappa shape index (κ1) is 23.9. The number of nitrogens with zero attached hydrogens (tertiary/aromatic N) is 4. The third-order valence-corrected chi connectivity index (χ3v) is 3.78. The minimum absolute atomic E-state index is 0. The lowest BCUT2D eigenvalue weighted by atomic mass is 10.2. The zero-order valence-electron chi connectivity index (χ0n) is 15.2. The van der Waals surface area contributed by atoms with Gasteiger partial charge in [-0.15, -0.1) is 0 Å². The van der Waals surface area contributed by atoms with Gasteiger partial charge in [0, 0.05) is 0 Å². The van der Waals surface area contributed by atoms with E-state index in [0.29, 0.717) is 13.5 Å². The Morgan fingerprint density at radius 2 is 1.16 bits per heavy atom. The zero-order valence-corrected chi connectivity index (χ0v) is 16.7. The van der Waals surface area contributed by atoms with Gasteiger partial charge in [0.2, 0.25) is 12.7 Å². The molecule has 0 aromatic carbocycles. The predicted octanol–water partition coefficient (Wildman–Crippen LogP) is -4.27. The summed E-state index contributed by atoms with van der Waals surface area (Å²) in [5, 5.41) is 0. The van der Waals surface area contributed by atoms with Gasteiger partial charge in [0.1, 0.15) is 24.8 Å². The topological polar surface area (TPSA) is 36.1 Å². The van der Waals surface area contributed by atoms with E-state index in [4.69, 9.17) is 9.47 Å². The third kappa shape index (κ3) is 9.26. The molecule has 0 unspecified atom stereocenters. The van der Waals surface area contributed by atoms with Gasteiger partial charge in [-0.05, 0) is 33.1 Å². The molecule has 25 heavy (non-hydrogen) atoms. The average Bonchev–Trinajstić information content (AvgIpc) is 3.22. The van der Waals surface area contributed by atoms with Gasteiger partial charge in [-0.25, -0.2) is 18.3 Å². The van der Waals surface area contributed by atoms with Crippen molar-refractivity contribution in [2.75, 3.05) is 13.2 Å². The smallest absolute Gasteiger partial charge is 0.245 e. The van der Waals surface area contributed by atoms with Crippen LogP contribution in [0.15, 0.2) is 37.4 Å². The Kier molecular flexibility index (Phi) is 13.5. The summed E-state index contributed by atoms with van der Waals surface area (Å²) in [5.41, 5.74) is 0. The number of halogens is 2. The SMILES string of the molecule is CCn1cc[n+](COCCCCCOC[n+]2ccn(CC)c2)c1.[Cl-].[Cl-]. The van der Waals surface area contributed by atoms with E-state index in [1.54, 1.807) is 0 Å². The van der Waals surface area contributed by atoms with Crippen molar-refractivity contribution in [3.63, 3.8) is 0 Å². The van der Waals surface area contributed by atoms with Crippen molar-refractivity contribution in [2.24, 2.45) is 0 Å². The zero-order chi connectivity index (χ0) is 16.3. The molecule has 0 atom stereocenters. The van der Waals surface area contributed by atoms with E-state index >= 15 is 0 Å². The fourth-order valence-electron chi connectivity index (χ4n) is 2.33. The summed E-state index contributed by atoms with van der Waals surface area (Å²) >= 11 is 0. The molecule has 0 aliphatic carbocycles. The maximum Gasteiger partial charge on any atom is 0.245 e. The summed E-state index contributed by atoms with van der Waals surface area (Å²) < 4.78 is 19.7. The second-order valence-electron chi connectivity index (χ2n) is 5.65. The number of unbranched alkanes of at least 4 members (excludes halogenated alkanes) is 2. The van der Waals surface area contributed by atoms with Crippen molar-refractivity contribution in [3.05, 3.63) is 37.4 Å². The molecule has 0 saturated carbocycles. The lowest BCUT2D eigenvalue weighted by Crippen LogP contribution is -3.00.